The lowest BCUT2D eigenvalue weighted by Gasteiger charge is -2.25. The Labute approximate surface area is 114 Å². The Kier molecular flexibility index (Phi) is 4.42. The van der Waals surface area contributed by atoms with Crippen molar-refractivity contribution < 1.29 is 12.6 Å². The van der Waals surface area contributed by atoms with Gasteiger partial charge in [-0.3, -0.25) is 4.21 Å². The van der Waals surface area contributed by atoms with Crippen molar-refractivity contribution in [1.82, 2.24) is 4.31 Å². The average molecular weight is 308 g/mol. The van der Waals surface area contributed by atoms with Crippen molar-refractivity contribution in [2.45, 2.75) is 5.75 Å². The first-order chi connectivity index (χ1) is 8.47. The number of hydrogen-bond donors (Lipinski definition) is 0. The van der Waals surface area contributed by atoms with Crippen LogP contribution in [0.1, 0.15) is 5.56 Å². The van der Waals surface area contributed by atoms with Gasteiger partial charge in [0.25, 0.3) is 0 Å². The molecule has 0 saturated carbocycles. The first-order valence-corrected chi connectivity index (χ1v) is 9.02. The van der Waals surface area contributed by atoms with Crippen molar-refractivity contribution in [3.05, 3.63) is 34.9 Å². The molecule has 7 heteroatoms. The molecule has 0 bridgehead atoms. The molecule has 0 N–H and O–H groups in total. The van der Waals surface area contributed by atoms with E-state index in [1.54, 1.807) is 24.3 Å². The average Bonchev–Trinajstić information content (AvgIpc) is 2.32. The summed E-state index contributed by atoms with van der Waals surface area (Å²) in [7, 11) is -4.19. The van der Waals surface area contributed by atoms with Crippen LogP contribution in [-0.2, 0) is 26.6 Å². The topological polar surface area (TPSA) is 54.5 Å². The maximum Gasteiger partial charge on any atom is 0.218 e. The van der Waals surface area contributed by atoms with Crippen LogP contribution in [0.15, 0.2) is 24.3 Å². The van der Waals surface area contributed by atoms with E-state index in [0.717, 1.165) is 0 Å². The number of rotatable bonds is 3. The molecule has 18 heavy (non-hydrogen) atoms. The van der Waals surface area contributed by atoms with E-state index in [4.69, 9.17) is 11.6 Å². The smallest absolute Gasteiger partial charge is 0.218 e. The molecule has 1 aromatic carbocycles. The second-order valence-electron chi connectivity index (χ2n) is 4.13. The molecule has 0 aromatic heterocycles. The third-order valence-corrected chi connectivity index (χ3v) is 6.17. The molecule has 1 aliphatic heterocycles. The Bertz CT molecular complexity index is 532. The molecule has 0 aliphatic carbocycles. The second-order valence-corrected chi connectivity index (χ2v) is 8.23. The fourth-order valence-corrected chi connectivity index (χ4v) is 4.73. The van der Waals surface area contributed by atoms with Crippen LogP contribution in [-0.4, -0.2) is 41.5 Å². The van der Waals surface area contributed by atoms with E-state index in [9.17, 15) is 12.6 Å². The SMILES string of the molecule is O=S1CCN(S(=O)(=O)Cc2ccc(Cl)cc2)CC1. The van der Waals surface area contributed by atoms with Crippen molar-refractivity contribution in [3.8, 4) is 0 Å². The Morgan fingerprint density at radius 3 is 2.28 bits per heavy atom. The van der Waals surface area contributed by atoms with Gasteiger partial charge >= 0.3 is 0 Å². The summed E-state index contributed by atoms with van der Waals surface area (Å²) in [6, 6.07) is 6.78. The molecule has 1 fully saturated rings. The summed E-state index contributed by atoms with van der Waals surface area (Å²) in [5.74, 6) is 0.830. The molecular weight excluding hydrogens is 294 g/mol. The molecule has 1 aliphatic rings. The van der Waals surface area contributed by atoms with Crippen LogP contribution in [0.2, 0.25) is 5.02 Å². The van der Waals surface area contributed by atoms with Crippen molar-refractivity contribution in [3.63, 3.8) is 0 Å². The summed E-state index contributed by atoms with van der Waals surface area (Å²) >= 11 is 5.75. The maximum absolute atomic E-state index is 12.1. The molecule has 1 heterocycles. The Morgan fingerprint density at radius 2 is 1.72 bits per heavy atom. The van der Waals surface area contributed by atoms with E-state index >= 15 is 0 Å². The normalized spacial score (nSPS) is 18.9. The van der Waals surface area contributed by atoms with E-state index in [2.05, 4.69) is 0 Å². The van der Waals surface area contributed by atoms with E-state index < -0.39 is 20.8 Å². The molecule has 0 unspecified atom stereocenters. The van der Waals surface area contributed by atoms with Crippen molar-refractivity contribution in [2.75, 3.05) is 24.6 Å². The molecule has 4 nitrogen and oxygen atoms in total. The summed E-state index contributed by atoms with van der Waals surface area (Å²) in [6.07, 6.45) is 0. The number of benzene rings is 1. The van der Waals surface area contributed by atoms with E-state index in [1.165, 1.54) is 4.31 Å². The minimum Gasteiger partial charge on any atom is -0.259 e. The number of hydrogen-bond acceptors (Lipinski definition) is 3. The predicted molar refractivity (Wildman–Crippen MR) is 73.5 cm³/mol. The second kappa shape index (κ2) is 5.69. The van der Waals surface area contributed by atoms with E-state index in [-0.39, 0.29) is 5.75 Å². The van der Waals surface area contributed by atoms with Crippen LogP contribution in [0.3, 0.4) is 0 Å². The largest absolute Gasteiger partial charge is 0.259 e. The van der Waals surface area contributed by atoms with Gasteiger partial charge in [-0.2, -0.15) is 4.31 Å². The van der Waals surface area contributed by atoms with Gasteiger partial charge < -0.3 is 0 Å². The molecule has 0 atom stereocenters. The van der Waals surface area contributed by atoms with Gasteiger partial charge in [0.05, 0.1) is 5.75 Å². The Balaban J connectivity index is 2.07. The fraction of sp³-hybridized carbons (Fsp3) is 0.455. The lowest BCUT2D eigenvalue weighted by molar-refractivity contribution is 0.438. The van der Waals surface area contributed by atoms with Crippen LogP contribution in [0, 0.1) is 0 Å². The summed E-state index contributed by atoms with van der Waals surface area (Å²) in [4.78, 5) is 0. The molecule has 100 valence electrons. The molecule has 0 radical (unpaired) electrons. The van der Waals surface area contributed by atoms with Gasteiger partial charge in [0.2, 0.25) is 10.0 Å². The van der Waals surface area contributed by atoms with Crippen LogP contribution >= 0.6 is 11.6 Å². The highest BCUT2D eigenvalue weighted by atomic mass is 35.5. The summed E-state index contributed by atoms with van der Waals surface area (Å²) < 4.78 is 36.9. The van der Waals surface area contributed by atoms with Gasteiger partial charge in [0.1, 0.15) is 0 Å². The van der Waals surface area contributed by atoms with Gasteiger partial charge in [-0.15, -0.1) is 0 Å². The van der Waals surface area contributed by atoms with E-state index in [0.29, 0.717) is 35.2 Å². The first kappa shape index (κ1) is 14.0. The highest BCUT2D eigenvalue weighted by Gasteiger charge is 2.26. The van der Waals surface area contributed by atoms with Crippen molar-refractivity contribution in [1.29, 1.82) is 0 Å². The zero-order chi connectivity index (χ0) is 13.2. The Hall–Kier alpha value is -0.430. The number of sulfonamides is 1. The van der Waals surface area contributed by atoms with Gasteiger partial charge in [-0.1, -0.05) is 23.7 Å². The molecule has 1 aromatic rings. The molecule has 1 saturated heterocycles. The zero-order valence-electron chi connectivity index (χ0n) is 9.71. The molecule has 0 spiro atoms. The van der Waals surface area contributed by atoms with Gasteiger partial charge in [-0.05, 0) is 17.7 Å². The predicted octanol–water partition coefficient (Wildman–Crippen LogP) is 1.23. The van der Waals surface area contributed by atoms with Crippen LogP contribution in [0.4, 0.5) is 0 Å². The van der Waals surface area contributed by atoms with Gasteiger partial charge in [0, 0.05) is 40.4 Å². The highest BCUT2D eigenvalue weighted by Crippen LogP contribution is 2.15. The minimum atomic E-state index is -3.32. The van der Waals surface area contributed by atoms with Gasteiger partial charge in [-0.25, -0.2) is 8.42 Å². The molecule has 0 amide bonds. The lowest BCUT2D eigenvalue weighted by atomic mass is 10.2. The summed E-state index contributed by atoms with van der Waals surface area (Å²) in [5.41, 5.74) is 0.714. The zero-order valence-corrected chi connectivity index (χ0v) is 12.1. The quantitative estimate of drug-likeness (QED) is 0.844. The standard InChI is InChI=1S/C11H14ClNO3S2/c12-11-3-1-10(2-4-11)9-18(15,16)13-5-7-17(14)8-6-13/h1-4H,5-9H2. The van der Waals surface area contributed by atoms with Crippen LogP contribution in [0.5, 0.6) is 0 Å². The lowest BCUT2D eigenvalue weighted by Crippen LogP contribution is -2.42. The summed E-state index contributed by atoms with van der Waals surface area (Å²) in [5, 5.41) is 0.588. The highest BCUT2D eigenvalue weighted by molar-refractivity contribution is 7.88. The fourth-order valence-electron chi connectivity index (χ4n) is 1.78. The van der Waals surface area contributed by atoms with Crippen molar-refractivity contribution >= 4 is 32.4 Å². The minimum absolute atomic E-state index is 0.0309. The molecular formula is C11H14ClNO3S2. The van der Waals surface area contributed by atoms with Gasteiger partial charge in [0.15, 0.2) is 0 Å². The molecule has 2 rings (SSSR count). The maximum atomic E-state index is 12.1. The van der Waals surface area contributed by atoms with Crippen LogP contribution in [0.25, 0.3) is 0 Å². The van der Waals surface area contributed by atoms with Crippen molar-refractivity contribution in [2.24, 2.45) is 0 Å². The van der Waals surface area contributed by atoms with Crippen LogP contribution < -0.4 is 0 Å². The monoisotopic (exact) mass is 307 g/mol. The third-order valence-electron chi connectivity index (χ3n) is 2.79. The third kappa shape index (κ3) is 3.54. The Morgan fingerprint density at radius 1 is 1.17 bits per heavy atom. The first-order valence-electron chi connectivity index (χ1n) is 5.54. The summed E-state index contributed by atoms with van der Waals surface area (Å²) in [6.45, 7) is 0.699. The van der Waals surface area contributed by atoms with E-state index in [1.807, 2.05) is 0 Å². The number of nitrogens with zero attached hydrogens (tertiary/aromatic N) is 1. The number of halogens is 1.